The van der Waals surface area contributed by atoms with Gasteiger partial charge in [0.1, 0.15) is 0 Å². The molecule has 1 aliphatic rings. The van der Waals surface area contributed by atoms with Gasteiger partial charge in [0.2, 0.25) is 12.5 Å². The second-order valence-corrected chi connectivity index (χ2v) is 6.40. The average Bonchev–Trinajstić information content (AvgIpc) is 2.93. The van der Waals surface area contributed by atoms with Crippen molar-refractivity contribution in [3.8, 4) is 0 Å². The molecule has 1 aliphatic heterocycles. The van der Waals surface area contributed by atoms with Gasteiger partial charge in [-0.05, 0) is 44.2 Å². The number of benzene rings is 2. The van der Waals surface area contributed by atoms with Crippen molar-refractivity contribution >= 4 is 41.3 Å². The van der Waals surface area contributed by atoms with Gasteiger partial charge < -0.3 is 5.32 Å². The van der Waals surface area contributed by atoms with Gasteiger partial charge in [0.15, 0.2) is 5.78 Å². The van der Waals surface area contributed by atoms with Crippen LogP contribution in [0.25, 0.3) is 0 Å². The fourth-order valence-corrected chi connectivity index (χ4v) is 2.70. The van der Waals surface area contributed by atoms with Gasteiger partial charge in [-0.1, -0.05) is 17.7 Å². The van der Waals surface area contributed by atoms with Crippen molar-refractivity contribution in [2.45, 2.75) is 19.9 Å². The van der Waals surface area contributed by atoms with Crippen molar-refractivity contribution < 1.29 is 24.0 Å². The van der Waals surface area contributed by atoms with Crippen molar-refractivity contribution in [1.82, 2.24) is 4.90 Å². The van der Waals surface area contributed by atoms with Crippen molar-refractivity contribution in [3.63, 3.8) is 0 Å². The number of rotatable bonds is 6. The van der Waals surface area contributed by atoms with Gasteiger partial charge in [-0.25, -0.2) is 4.90 Å². The summed E-state index contributed by atoms with van der Waals surface area (Å²) in [4.78, 5) is 59.5. The Bertz CT molecular complexity index is 1060. The van der Waals surface area contributed by atoms with Crippen LogP contribution in [0.15, 0.2) is 52.7 Å². The topological polar surface area (TPSA) is 125 Å². The summed E-state index contributed by atoms with van der Waals surface area (Å²) in [5.41, 5.74) is 1.76. The van der Waals surface area contributed by atoms with E-state index in [4.69, 9.17) is 0 Å². The zero-order valence-electron chi connectivity index (χ0n) is 15.6. The van der Waals surface area contributed by atoms with E-state index in [1.54, 1.807) is 12.1 Å². The van der Waals surface area contributed by atoms with Crippen LogP contribution in [0.5, 0.6) is 0 Å². The van der Waals surface area contributed by atoms with E-state index in [0.29, 0.717) is 10.6 Å². The minimum atomic E-state index is -1.38. The van der Waals surface area contributed by atoms with Crippen LogP contribution in [0, 0.1) is 6.92 Å². The number of Topliss-reactive ketones (excluding diaryl/α,β-unsaturated/α-hetero) is 1. The molecule has 0 saturated carbocycles. The predicted molar refractivity (Wildman–Crippen MR) is 102 cm³/mol. The first-order valence-corrected chi connectivity index (χ1v) is 8.58. The lowest BCUT2D eigenvalue weighted by molar-refractivity contribution is -0.126. The summed E-state index contributed by atoms with van der Waals surface area (Å²) in [6, 6.07) is 9.65. The van der Waals surface area contributed by atoms with Crippen LogP contribution in [0.2, 0.25) is 0 Å². The Kier molecular flexibility index (Phi) is 5.40. The summed E-state index contributed by atoms with van der Waals surface area (Å²) in [6.07, 6.45) is 0.146. The number of amides is 4. The third-order valence-corrected chi connectivity index (χ3v) is 4.25. The molecule has 29 heavy (non-hydrogen) atoms. The van der Waals surface area contributed by atoms with Gasteiger partial charge in [0.05, 0.1) is 16.8 Å². The normalized spacial score (nSPS) is 14.1. The minimum absolute atomic E-state index is 0.00188. The highest BCUT2D eigenvalue weighted by molar-refractivity contribution is 6.26. The summed E-state index contributed by atoms with van der Waals surface area (Å²) < 4.78 is 0. The molecule has 1 unspecified atom stereocenters. The van der Waals surface area contributed by atoms with Crippen LogP contribution in [-0.4, -0.2) is 40.9 Å². The zero-order chi connectivity index (χ0) is 21.1. The molecule has 0 aromatic heterocycles. The Balaban J connectivity index is 1.80. The number of imide groups is 3. The highest BCUT2D eigenvalue weighted by atomic mass is 16.2. The van der Waals surface area contributed by atoms with E-state index in [0.717, 1.165) is 5.56 Å². The van der Waals surface area contributed by atoms with Crippen molar-refractivity contribution in [1.29, 1.82) is 0 Å². The molecule has 1 N–H and O–H groups in total. The molecular formula is C20H16N4O5. The van der Waals surface area contributed by atoms with Crippen molar-refractivity contribution in [3.05, 3.63) is 59.2 Å². The van der Waals surface area contributed by atoms with E-state index in [1.807, 2.05) is 19.1 Å². The van der Waals surface area contributed by atoms with Crippen LogP contribution < -0.4 is 5.32 Å². The minimum Gasteiger partial charge on any atom is -0.324 e. The first kappa shape index (κ1) is 19.7. The number of azo groups is 1. The lowest BCUT2D eigenvalue weighted by Crippen LogP contribution is -2.31. The SMILES string of the molecule is CC(=O)C(N=Nc1ccc2c(c1)C(=O)N(C=O)C2=O)C(=O)Nc1ccc(C)cc1. The number of carbonyl (C=O) groups excluding carboxylic acids is 5. The van der Waals surface area contributed by atoms with Gasteiger partial charge in [-0.3, -0.25) is 24.0 Å². The number of anilines is 1. The number of hydrogen-bond acceptors (Lipinski definition) is 7. The van der Waals surface area contributed by atoms with E-state index in [1.165, 1.54) is 25.1 Å². The van der Waals surface area contributed by atoms with Gasteiger partial charge in [0, 0.05) is 5.69 Å². The van der Waals surface area contributed by atoms with Crippen molar-refractivity contribution in [2.75, 3.05) is 5.32 Å². The van der Waals surface area contributed by atoms with Crippen LogP contribution in [-0.2, 0) is 14.4 Å². The van der Waals surface area contributed by atoms with E-state index in [9.17, 15) is 24.0 Å². The fourth-order valence-electron chi connectivity index (χ4n) is 2.70. The quantitative estimate of drug-likeness (QED) is 0.350. The van der Waals surface area contributed by atoms with Gasteiger partial charge >= 0.3 is 0 Å². The van der Waals surface area contributed by atoms with Crippen LogP contribution >= 0.6 is 0 Å². The smallest absolute Gasteiger partial charge is 0.268 e. The first-order chi connectivity index (χ1) is 13.8. The van der Waals surface area contributed by atoms with E-state index >= 15 is 0 Å². The molecule has 9 nitrogen and oxygen atoms in total. The van der Waals surface area contributed by atoms with Gasteiger partial charge in [-0.2, -0.15) is 10.2 Å². The summed E-state index contributed by atoms with van der Waals surface area (Å²) in [5.74, 6) is -2.65. The van der Waals surface area contributed by atoms with Crippen LogP contribution in [0.3, 0.4) is 0 Å². The van der Waals surface area contributed by atoms with Crippen molar-refractivity contribution in [2.24, 2.45) is 10.2 Å². The largest absolute Gasteiger partial charge is 0.324 e. The maximum absolute atomic E-state index is 12.4. The highest BCUT2D eigenvalue weighted by Gasteiger charge is 2.35. The molecule has 0 aliphatic carbocycles. The Hall–Kier alpha value is -4.01. The molecule has 4 amide bonds. The summed E-state index contributed by atoms with van der Waals surface area (Å²) in [5, 5.41) is 10.3. The average molecular weight is 392 g/mol. The molecule has 0 fully saturated rings. The predicted octanol–water partition coefficient (Wildman–Crippen LogP) is 2.43. The highest BCUT2D eigenvalue weighted by Crippen LogP contribution is 2.26. The van der Waals surface area contributed by atoms with E-state index < -0.39 is 29.5 Å². The number of hydrogen-bond donors (Lipinski definition) is 1. The van der Waals surface area contributed by atoms with Crippen LogP contribution in [0.4, 0.5) is 11.4 Å². The molecule has 146 valence electrons. The summed E-state index contributed by atoms with van der Waals surface area (Å²) in [7, 11) is 0. The fraction of sp³-hybridized carbons (Fsp3) is 0.150. The lowest BCUT2D eigenvalue weighted by atomic mass is 10.1. The van der Waals surface area contributed by atoms with Gasteiger partial charge in [-0.15, -0.1) is 0 Å². The number of fused-ring (bicyclic) bond motifs is 1. The third-order valence-electron chi connectivity index (χ3n) is 4.25. The Morgan fingerprint density at radius 1 is 1.03 bits per heavy atom. The molecule has 0 spiro atoms. The maximum Gasteiger partial charge on any atom is 0.268 e. The summed E-state index contributed by atoms with van der Waals surface area (Å²) in [6.45, 7) is 3.12. The number of nitrogens with zero attached hydrogens (tertiary/aromatic N) is 3. The number of nitrogens with one attached hydrogen (secondary N) is 1. The Labute approximate surface area is 165 Å². The number of carbonyl (C=O) groups is 5. The molecule has 0 bridgehead atoms. The van der Waals surface area contributed by atoms with E-state index in [-0.39, 0.29) is 23.2 Å². The third kappa shape index (κ3) is 3.98. The number of aryl methyl sites for hydroxylation is 1. The maximum atomic E-state index is 12.4. The lowest BCUT2D eigenvalue weighted by Gasteiger charge is -2.09. The second kappa shape index (κ2) is 7.93. The zero-order valence-corrected chi connectivity index (χ0v) is 15.6. The Morgan fingerprint density at radius 2 is 1.69 bits per heavy atom. The molecule has 0 saturated heterocycles. The standard InChI is InChI=1S/C20H16N4O5/c1-11-3-5-13(6-4-11)21-18(27)17(12(2)26)23-22-14-7-8-15-16(9-14)20(29)24(10-25)19(15)28/h3-10,17H,1-2H3,(H,21,27). The molecule has 2 aromatic rings. The molecule has 0 radical (unpaired) electrons. The molecule has 1 heterocycles. The van der Waals surface area contributed by atoms with Crippen LogP contribution in [0.1, 0.15) is 33.2 Å². The molecule has 3 rings (SSSR count). The Morgan fingerprint density at radius 3 is 2.31 bits per heavy atom. The number of ketones is 1. The molecule has 2 aromatic carbocycles. The second-order valence-electron chi connectivity index (χ2n) is 6.40. The first-order valence-electron chi connectivity index (χ1n) is 8.58. The molecule has 9 heteroatoms. The summed E-state index contributed by atoms with van der Waals surface area (Å²) >= 11 is 0. The monoisotopic (exact) mass is 392 g/mol. The molecular weight excluding hydrogens is 376 g/mol. The van der Waals surface area contributed by atoms with E-state index in [2.05, 4.69) is 15.5 Å². The molecule has 1 atom stereocenters. The van der Waals surface area contributed by atoms with Gasteiger partial charge in [0.25, 0.3) is 17.7 Å².